The average Bonchev–Trinajstić information content (AvgIpc) is 2.56. The first-order valence-electron chi connectivity index (χ1n) is 6.87. The highest BCUT2D eigenvalue weighted by atomic mass is 16.5. The molecule has 0 aliphatic heterocycles. The molecule has 0 unspecified atom stereocenters. The van der Waals surface area contributed by atoms with E-state index in [4.69, 9.17) is 4.74 Å². The van der Waals surface area contributed by atoms with Gasteiger partial charge < -0.3 is 10.1 Å². The SMILES string of the molecule is COC(=O)c1nnc(Nc2ccccc2C)c2ccccc12. The Kier molecular flexibility index (Phi) is 3.70. The van der Waals surface area contributed by atoms with Gasteiger partial charge >= 0.3 is 5.97 Å². The van der Waals surface area contributed by atoms with Crippen LogP contribution in [0.5, 0.6) is 0 Å². The molecule has 0 bridgehead atoms. The van der Waals surface area contributed by atoms with Crippen molar-refractivity contribution in [2.24, 2.45) is 0 Å². The first-order chi connectivity index (χ1) is 10.7. The number of nitrogens with one attached hydrogen (secondary N) is 1. The number of aryl methyl sites for hydroxylation is 1. The maximum Gasteiger partial charge on any atom is 0.359 e. The molecule has 0 radical (unpaired) electrons. The van der Waals surface area contributed by atoms with Crippen LogP contribution in [0.4, 0.5) is 11.5 Å². The summed E-state index contributed by atoms with van der Waals surface area (Å²) in [5.41, 5.74) is 2.27. The lowest BCUT2D eigenvalue weighted by molar-refractivity contribution is 0.0595. The Labute approximate surface area is 127 Å². The second-order valence-corrected chi connectivity index (χ2v) is 4.87. The zero-order chi connectivity index (χ0) is 15.5. The van der Waals surface area contributed by atoms with Gasteiger partial charge in [0, 0.05) is 16.5 Å². The Balaban J connectivity index is 2.12. The van der Waals surface area contributed by atoms with Crippen molar-refractivity contribution in [2.75, 3.05) is 12.4 Å². The smallest absolute Gasteiger partial charge is 0.359 e. The fourth-order valence-electron chi connectivity index (χ4n) is 2.28. The molecule has 22 heavy (non-hydrogen) atoms. The predicted molar refractivity (Wildman–Crippen MR) is 85.3 cm³/mol. The van der Waals surface area contributed by atoms with Crippen LogP contribution in [0, 0.1) is 6.92 Å². The molecule has 0 saturated carbocycles. The molecule has 1 heterocycles. The molecule has 0 saturated heterocycles. The number of esters is 1. The summed E-state index contributed by atoms with van der Waals surface area (Å²) in [5, 5.41) is 13.0. The molecule has 5 nitrogen and oxygen atoms in total. The monoisotopic (exact) mass is 293 g/mol. The second-order valence-electron chi connectivity index (χ2n) is 4.87. The van der Waals surface area contributed by atoms with Gasteiger partial charge in [-0.15, -0.1) is 10.2 Å². The molecule has 0 fully saturated rings. The van der Waals surface area contributed by atoms with Crippen molar-refractivity contribution < 1.29 is 9.53 Å². The molecule has 1 aromatic heterocycles. The molecule has 0 aliphatic rings. The number of hydrogen-bond donors (Lipinski definition) is 1. The molecule has 110 valence electrons. The molecule has 2 aromatic carbocycles. The van der Waals surface area contributed by atoms with E-state index in [1.165, 1.54) is 7.11 Å². The third-order valence-electron chi connectivity index (χ3n) is 3.46. The van der Waals surface area contributed by atoms with E-state index in [1.807, 2.05) is 55.5 Å². The van der Waals surface area contributed by atoms with Crippen LogP contribution in [0.1, 0.15) is 16.1 Å². The minimum Gasteiger partial charge on any atom is -0.464 e. The topological polar surface area (TPSA) is 64.1 Å². The molecule has 1 N–H and O–H groups in total. The van der Waals surface area contributed by atoms with Crippen LogP contribution in [-0.2, 0) is 4.74 Å². The van der Waals surface area contributed by atoms with Gasteiger partial charge in [-0.25, -0.2) is 4.79 Å². The summed E-state index contributed by atoms with van der Waals surface area (Å²) in [7, 11) is 1.33. The minimum absolute atomic E-state index is 0.216. The number of methoxy groups -OCH3 is 1. The summed E-state index contributed by atoms with van der Waals surface area (Å²) < 4.78 is 4.76. The van der Waals surface area contributed by atoms with E-state index in [2.05, 4.69) is 15.5 Å². The lowest BCUT2D eigenvalue weighted by atomic mass is 10.1. The van der Waals surface area contributed by atoms with E-state index >= 15 is 0 Å². The molecular weight excluding hydrogens is 278 g/mol. The number of fused-ring (bicyclic) bond motifs is 1. The number of nitrogens with zero attached hydrogens (tertiary/aromatic N) is 2. The second kappa shape index (κ2) is 5.81. The van der Waals surface area contributed by atoms with Gasteiger partial charge in [-0.3, -0.25) is 0 Å². The fraction of sp³-hybridized carbons (Fsp3) is 0.118. The number of ether oxygens (including phenoxy) is 1. The van der Waals surface area contributed by atoms with Crippen LogP contribution in [0.2, 0.25) is 0 Å². The first kappa shape index (κ1) is 14.0. The van der Waals surface area contributed by atoms with Crippen LogP contribution >= 0.6 is 0 Å². The van der Waals surface area contributed by atoms with Gasteiger partial charge in [0.05, 0.1) is 7.11 Å². The van der Waals surface area contributed by atoms with Crippen LogP contribution in [0.3, 0.4) is 0 Å². The van der Waals surface area contributed by atoms with E-state index in [9.17, 15) is 4.79 Å². The highest BCUT2D eigenvalue weighted by Gasteiger charge is 2.16. The van der Waals surface area contributed by atoms with Crippen molar-refractivity contribution in [1.29, 1.82) is 0 Å². The van der Waals surface area contributed by atoms with Crippen molar-refractivity contribution in [1.82, 2.24) is 10.2 Å². The predicted octanol–water partition coefficient (Wildman–Crippen LogP) is 3.47. The Morgan fingerprint density at radius 3 is 2.41 bits per heavy atom. The van der Waals surface area contributed by atoms with Gasteiger partial charge in [0.2, 0.25) is 0 Å². The Morgan fingerprint density at radius 1 is 1.00 bits per heavy atom. The molecule has 5 heteroatoms. The minimum atomic E-state index is -0.494. The summed E-state index contributed by atoms with van der Waals surface area (Å²) in [6.45, 7) is 2.01. The third-order valence-corrected chi connectivity index (χ3v) is 3.46. The summed E-state index contributed by atoms with van der Waals surface area (Å²) in [6, 6.07) is 15.4. The van der Waals surface area contributed by atoms with Crippen LogP contribution in [0.25, 0.3) is 10.8 Å². The van der Waals surface area contributed by atoms with Crippen LogP contribution < -0.4 is 5.32 Å². The highest BCUT2D eigenvalue weighted by molar-refractivity contribution is 6.05. The van der Waals surface area contributed by atoms with Crippen LogP contribution in [0.15, 0.2) is 48.5 Å². The zero-order valence-corrected chi connectivity index (χ0v) is 12.3. The summed E-state index contributed by atoms with van der Waals surface area (Å²) in [4.78, 5) is 11.8. The van der Waals surface area contributed by atoms with Gasteiger partial charge in [-0.05, 0) is 18.6 Å². The molecular formula is C17H15N3O2. The maximum absolute atomic E-state index is 11.8. The van der Waals surface area contributed by atoms with E-state index < -0.39 is 5.97 Å². The standard InChI is InChI=1S/C17H15N3O2/c1-11-7-3-6-10-14(11)18-16-13-9-5-4-8-12(13)15(19-20-16)17(21)22-2/h3-10H,1-2H3,(H,18,20). The molecule has 0 amide bonds. The van der Waals surface area contributed by atoms with Crippen LogP contribution in [-0.4, -0.2) is 23.3 Å². The van der Waals surface area contributed by atoms with E-state index in [1.54, 1.807) is 0 Å². The number of hydrogen-bond acceptors (Lipinski definition) is 5. The Bertz CT molecular complexity index is 846. The van der Waals surface area contributed by atoms with Gasteiger partial charge in [0.25, 0.3) is 0 Å². The zero-order valence-electron chi connectivity index (χ0n) is 12.3. The Morgan fingerprint density at radius 2 is 1.68 bits per heavy atom. The normalized spacial score (nSPS) is 10.5. The summed E-state index contributed by atoms with van der Waals surface area (Å²) in [6.07, 6.45) is 0. The lowest BCUT2D eigenvalue weighted by Gasteiger charge is -2.11. The lowest BCUT2D eigenvalue weighted by Crippen LogP contribution is -2.08. The van der Waals surface area contributed by atoms with E-state index in [0.717, 1.165) is 16.6 Å². The Hall–Kier alpha value is -2.95. The molecule has 3 rings (SSSR count). The van der Waals surface area contributed by atoms with Crippen molar-refractivity contribution in [3.05, 3.63) is 59.8 Å². The number of benzene rings is 2. The number of para-hydroxylation sites is 1. The number of aromatic nitrogens is 2. The first-order valence-corrected chi connectivity index (χ1v) is 6.87. The summed E-state index contributed by atoms with van der Waals surface area (Å²) in [5.74, 6) is 0.115. The average molecular weight is 293 g/mol. The number of carbonyl (C=O) groups is 1. The molecule has 3 aromatic rings. The van der Waals surface area contributed by atoms with Gasteiger partial charge in [0.1, 0.15) is 0 Å². The van der Waals surface area contributed by atoms with Crippen molar-refractivity contribution >= 4 is 28.2 Å². The fourth-order valence-corrected chi connectivity index (χ4v) is 2.28. The molecule has 0 spiro atoms. The quantitative estimate of drug-likeness (QED) is 0.749. The maximum atomic E-state index is 11.8. The third kappa shape index (κ3) is 2.48. The number of anilines is 2. The van der Waals surface area contributed by atoms with E-state index in [0.29, 0.717) is 11.2 Å². The largest absolute Gasteiger partial charge is 0.464 e. The number of carbonyl (C=O) groups excluding carboxylic acids is 1. The van der Waals surface area contributed by atoms with Crippen molar-refractivity contribution in [3.63, 3.8) is 0 Å². The summed E-state index contributed by atoms with van der Waals surface area (Å²) >= 11 is 0. The van der Waals surface area contributed by atoms with E-state index in [-0.39, 0.29) is 5.69 Å². The number of rotatable bonds is 3. The van der Waals surface area contributed by atoms with Gasteiger partial charge in [0.15, 0.2) is 11.5 Å². The highest BCUT2D eigenvalue weighted by Crippen LogP contribution is 2.27. The van der Waals surface area contributed by atoms with Crippen molar-refractivity contribution in [2.45, 2.75) is 6.92 Å². The molecule has 0 aliphatic carbocycles. The molecule has 0 atom stereocenters. The van der Waals surface area contributed by atoms with Gasteiger partial charge in [-0.2, -0.15) is 0 Å². The van der Waals surface area contributed by atoms with Gasteiger partial charge in [-0.1, -0.05) is 42.5 Å². The van der Waals surface area contributed by atoms with Crippen molar-refractivity contribution in [3.8, 4) is 0 Å².